The smallest absolute Gasteiger partial charge is 0.133 e. The molecule has 1 aliphatic rings. The van der Waals surface area contributed by atoms with E-state index in [0.717, 1.165) is 38.5 Å². The molecule has 1 heteroatoms. The molecule has 20 heavy (non-hydrogen) atoms. The van der Waals surface area contributed by atoms with Crippen molar-refractivity contribution in [3.63, 3.8) is 0 Å². The van der Waals surface area contributed by atoms with Crippen molar-refractivity contribution in [1.29, 1.82) is 0 Å². The van der Waals surface area contributed by atoms with E-state index >= 15 is 0 Å². The van der Waals surface area contributed by atoms with Crippen LogP contribution in [0.25, 0.3) is 0 Å². The van der Waals surface area contributed by atoms with Crippen molar-refractivity contribution in [2.75, 3.05) is 0 Å². The molecule has 0 amide bonds. The summed E-state index contributed by atoms with van der Waals surface area (Å²) in [4.78, 5) is 11.5. The number of carbonyl (C=O) groups excluding carboxylic acids is 1. The first kappa shape index (κ1) is 16.9. The molecule has 0 aliphatic heterocycles. The van der Waals surface area contributed by atoms with Crippen LogP contribution in [-0.2, 0) is 4.79 Å². The monoisotopic (exact) mass is 274 g/mol. The van der Waals surface area contributed by atoms with Gasteiger partial charge >= 0.3 is 0 Å². The van der Waals surface area contributed by atoms with Gasteiger partial charge in [-0.05, 0) is 72.6 Å². The predicted molar refractivity (Wildman–Crippen MR) is 87.8 cm³/mol. The maximum atomic E-state index is 11.5. The second kappa shape index (κ2) is 8.94. The van der Waals surface area contributed by atoms with Crippen LogP contribution in [0.3, 0.4) is 0 Å². The third kappa shape index (κ3) is 6.88. The van der Waals surface area contributed by atoms with E-state index in [9.17, 15) is 4.79 Å². The highest BCUT2D eigenvalue weighted by atomic mass is 16.1. The summed E-state index contributed by atoms with van der Waals surface area (Å²) in [5.41, 5.74) is 4.38. The van der Waals surface area contributed by atoms with Crippen LogP contribution in [0.15, 0.2) is 34.9 Å². The van der Waals surface area contributed by atoms with Gasteiger partial charge in [-0.2, -0.15) is 0 Å². The molecule has 0 saturated heterocycles. The Morgan fingerprint density at radius 3 is 2.60 bits per heavy atom. The number of hydrogen-bond donors (Lipinski definition) is 0. The second-order valence-electron chi connectivity index (χ2n) is 6.36. The fraction of sp³-hybridized carbons (Fsp3) is 0.632. The first-order valence-corrected chi connectivity index (χ1v) is 7.96. The zero-order chi connectivity index (χ0) is 15.0. The third-order valence-electron chi connectivity index (χ3n) is 4.08. The molecule has 0 radical (unpaired) electrons. The van der Waals surface area contributed by atoms with E-state index in [1.807, 2.05) is 0 Å². The largest absolute Gasteiger partial charge is 0.300 e. The zero-order valence-electron chi connectivity index (χ0n) is 13.7. The lowest BCUT2D eigenvalue weighted by Gasteiger charge is -2.20. The molecular weight excluding hydrogens is 244 g/mol. The lowest BCUT2D eigenvalue weighted by atomic mass is 9.84. The number of ketones is 1. The van der Waals surface area contributed by atoms with E-state index in [-0.39, 0.29) is 5.92 Å². The molecule has 0 aromatic carbocycles. The van der Waals surface area contributed by atoms with Gasteiger partial charge in [-0.25, -0.2) is 0 Å². The maximum Gasteiger partial charge on any atom is 0.133 e. The summed E-state index contributed by atoms with van der Waals surface area (Å²) in [5.74, 6) is 0.654. The number of hydrogen-bond acceptors (Lipinski definition) is 1. The number of rotatable bonds is 7. The minimum Gasteiger partial charge on any atom is -0.300 e. The molecule has 1 nitrogen and oxygen atoms in total. The number of Topliss-reactive ketones (excluding diaryl/α,β-unsaturated/α-hetero) is 1. The molecule has 0 heterocycles. The summed E-state index contributed by atoms with van der Waals surface area (Å²) in [5, 5.41) is 0. The van der Waals surface area contributed by atoms with Crippen molar-refractivity contribution >= 4 is 5.78 Å². The topological polar surface area (TPSA) is 17.1 Å². The Morgan fingerprint density at radius 2 is 1.95 bits per heavy atom. The van der Waals surface area contributed by atoms with Crippen LogP contribution in [0.1, 0.15) is 72.6 Å². The van der Waals surface area contributed by atoms with Gasteiger partial charge in [-0.1, -0.05) is 34.9 Å². The average molecular weight is 274 g/mol. The molecule has 0 spiro atoms. The molecule has 0 aromatic heterocycles. The Balaban J connectivity index is 2.31. The molecule has 1 atom stereocenters. The lowest BCUT2D eigenvalue weighted by Crippen LogP contribution is -2.14. The van der Waals surface area contributed by atoms with Gasteiger partial charge in [0.25, 0.3) is 0 Å². The Morgan fingerprint density at radius 1 is 1.20 bits per heavy atom. The SMILES string of the molecule is CC(=O)C1CCC=C(CC/C=C(\C)CCC=C(C)C)C1. The van der Waals surface area contributed by atoms with Crippen LogP contribution in [-0.4, -0.2) is 5.78 Å². The second-order valence-corrected chi connectivity index (χ2v) is 6.36. The van der Waals surface area contributed by atoms with E-state index in [4.69, 9.17) is 0 Å². The van der Waals surface area contributed by atoms with E-state index < -0.39 is 0 Å². The summed E-state index contributed by atoms with van der Waals surface area (Å²) in [6.07, 6.45) is 14.7. The molecule has 112 valence electrons. The molecule has 1 rings (SSSR count). The summed E-state index contributed by atoms with van der Waals surface area (Å²) >= 11 is 0. The van der Waals surface area contributed by atoms with Crippen LogP contribution in [0.5, 0.6) is 0 Å². The van der Waals surface area contributed by atoms with Crippen molar-refractivity contribution in [1.82, 2.24) is 0 Å². The van der Waals surface area contributed by atoms with Crippen LogP contribution < -0.4 is 0 Å². The van der Waals surface area contributed by atoms with Gasteiger partial charge in [0.2, 0.25) is 0 Å². The van der Waals surface area contributed by atoms with E-state index in [0.29, 0.717) is 5.78 Å². The van der Waals surface area contributed by atoms with Crippen molar-refractivity contribution in [3.05, 3.63) is 34.9 Å². The quantitative estimate of drug-likeness (QED) is 0.538. The highest BCUT2D eigenvalue weighted by molar-refractivity contribution is 5.78. The first-order chi connectivity index (χ1) is 9.49. The van der Waals surface area contributed by atoms with E-state index in [1.54, 1.807) is 6.92 Å². The number of allylic oxidation sites excluding steroid dienone is 6. The summed E-state index contributed by atoms with van der Waals surface area (Å²) in [6, 6.07) is 0. The summed E-state index contributed by atoms with van der Waals surface area (Å²) in [7, 11) is 0. The van der Waals surface area contributed by atoms with Crippen molar-refractivity contribution in [3.8, 4) is 0 Å². The molecule has 0 bridgehead atoms. The fourth-order valence-corrected chi connectivity index (χ4v) is 2.74. The molecule has 0 N–H and O–H groups in total. The lowest BCUT2D eigenvalue weighted by molar-refractivity contribution is -0.121. The Kier molecular flexibility index (Phi) is 7.58. The first-order valence-electron chi connectivity index (χ1n) is 7.96. The van der Waals surface area contributed by atoms with Crippen LogP contribution in [0.2, 0.25) is 0 Å². The van der Waals surface area contributed by atoms with Crippen molar-refractivity contribution in [2.45, 2.75) is 72.6 Å². The Labute approximate surface area is 124 Å². The molecule has 0 saturated carbocycles. The standard InChI is InChI=1S/C19H30O/c1-15(2)8-5-9-16(3)10-6-11-18-12-7-13-19(14-18)17(4)20/h8,10,12,19H,5-7,9,11,13-14H2,1-4H3/b16-10+. The van der Waals surface area contributed by atoms with Gasteiger partial charge < -0.3 is 0 Å². The van der Waals surface area contributed by atoms with Gasteiger partial charge in [0, 0.05) is 5.92 Å². The van der Waals surface area contributed by atoms with Gasteiger partial charge in [0.15, 0.2) is 0 Å². The van der Waals surface area contributed by atoms with Crippen LogP contribution in [0.4, 0.5) is 0 Å². The minimum absolute atomic E-state index is 0.290. The summed E-state index contributed by atoms with van der Waals surface area (Å²) in [6.45, 7) is 8.27. The predicted octanol–water partition coefficient (Wildman–Crippen LogP) is 5.77. The molecular formula is C19H30O. The maximum absolute atomic E-state index is 11.5. The van der Waals surface area contributed by atoms with Gasteiger partial charge in [0.1, 0.15) is 5.78 Å². The Hall–Kier alpha value is -1.11. The highest BCUT2D eigenvalue weighted by Gasteiger charge is 2.18. The van der Waals surface area contributed by atoms with Crippen molar-refractivity contribution in [2.24, 2.45) is 5.92 Å². The fourth-order valence-electron chi connectivity index (χ4n) is 2.74. The third-order valence-corrected chi connectivity index (χ3v) is 4.08. The molecule has 0 fully saturated rings. The number of carbonyl (C=O) groups is 1. The minimum atomic E-state index is 0.290. The van der Waals surface area contributed by atoms with Crippen molar-refractivity contribution < 1.29 is 4.79 Å². The molecule has 0 aromatic rings. The normalized spacial score (nSPS) is 19.5. The van der Waals surface area contributed by atoms with Crippen LogP contribution in [0, 0.1) is 5.92 Å². The van der Waals surface area contributed by atoms with E-state index in [1.165, 1.54) is 23.1 Å². The van der Waals surface area contributed by atoms with E-state index in [2.05, 4.69) is 39.0 Å². The average Bonchev–Trinajstić information content (AvgIpc) is 2.38. The molecule has 1 aliphatic carbocycles. The van der Waals surface area contributed by atoms with Gasteiger partial charge in [-0.3, -0.25) is 4.79 Å². The molecule has 1 unspecified atom stereocenters. The Bertz CT molecular complexity index is 405. The zero-order valence-corrected chi connectivity index (χ0v) is 13.7. The van der Waals surface area contributed by atoms with Gasteiger partial charge in [0.05, 0.1) is 0 Å². The summed E-state index contributed by atoms with van der Waals surface area (Å²) < 4.78 is 0. The van der Waals surface area contributed by atoms with Crippen LogP contribution >= 0.6 is 0 Å². The highest BCUT2D eigenvalue weighted by Crippen LogP contribution is 2.27. The van der Waals surface area contributed by atoms with Gasteiger partial charge in [-0.15, -0.1) is 0 Å².